The van der Waals surface area contributed by atoms with E-state index in [1.54, 1.807) is 20.0 Å². The Bertz CT molecular complexity index is 510. The number of carboxylic acids is 2. The lowest BCUT2D eigenvalue weighted by atomic mass is 9.77. The summed E-state index contributed by atoms with van der Waals surface area (Å²) in [6.45, 7) is 4.96. The van der Waals surface area contributed by atoms with Gasteiger partial charge < -0.3 is 19.7 Å². The number of aliphatic carboxylic acids is 2. The molecule has 3 atom stereocenters. The summed E-state index contributed by atoms with van der Waals surface area (Å²) in [6, 6.07) is 0. The Kier molecular flexibility index (Phi) is 9.64. The summed E-state index contributed by atoms with van der Waals surface area (Å²) in [5.74, 6) is -1.20. The summed E-state index contributed by atoms with van der Waals surface area (Å²) in [6.07, 6.45) is 3.15. The van der Waals surface area contributed by atoms with Crippen molar-refractivity contribution in [1.82, 2.24) is 0 Å². The lowest BCUT2D eigenvalue weighted by Crippen LogP contribution is -2.44. The molecule has 0 amide bonds. The maximum atomic E-state index is 11.4. The molecule has 0 rings (SSSR count). The van der Waals surface area contributed by atoms with Crippen molar-refractivity contribution >= 4 is 17.9 Å². The molecule has 0 radical (unpaired) electrons. The summed E-state index contributed by atoms with van der Waals surface area (Å²) in [5, 5.41) is 17.9. The molecule has 0 saturated heterocycles. The van der Waals surface area contributed by atoms with Crippen LogP contribution in [0.4, 0.5) is 0 Å². The van der Waals surface area contributed by atoms with Crippen LogP contribution in [0.1, 0.15) is 59.3 Å². The molecular weight excluding hydrogens is 328 g/mol. The summed E-state index contributed by atoms with van der Waals surface area (Å²) in [4.78, 5) is 33.2. The number of hydrogen-bond acceptors (Lipinski definition) is 5. The Morgan fingerprint density at radius 1 is 1.08 bits per heavy atom. The van der Waals surface area contributed by atoms with Crippen LogP contribution in [0, 0.1) is 5.92 Å². The van der Waals surface area contributed by atoms with Crippen LogP contribution < -0.4 is 0 Å². The molecule has 7 nitrogen and oxygen atoms in total. The van der Waals surface area contributed by atoms with Gasteiger partial charge in [0.05, 0.1) is 17.1 Å². The van der Waals surface area contributed by atoms with Gasteiger partial charge in [0.1, 0.15) is 11.5 Å². The number of hydrogen-bond donors (Lipinski definition) is 2. The highest BCUT2D eigenvalue weighted by atomic mass is 16.5. The van der Waals surface area contributed by atoms with Gasteiger partial charge in [-0.1, -0.05) is 12.8 Å². The molecular formula is C18H30O7. The number of ether oxygens (including phenoxy) is 2. The second-order valence-electron chi connectivity index (χ2n) is 6.80. The molecule has 0 aliphatic carbocycles. The molecule has 0 spiro atoms. The van der Waals surface area contributed by atoms with Crippen molar-refractivity contribution in [2.45, 2.75) is 70.5 Å². The maximum Gasteiger partial charge on any atom is 0.311 e. The first kappa shape index (κ1) is 23.3. The third-order valence-electron chi connectivity index (χ3n) is 4.73. The van der Waals surface area contributed by atoms with E-state index in [1.165, 1.54) is 14.0 Å². The number of methoxy groups -OCH3 is 2. The lowest BCUT2D eigenvalue weighted by Gasteiger charge is -2.39. The predicted molar refractivity (Wildman–Crippen MR) is 92.2 cm³/mol. The molecule has 0 saturated carbocycles. The Morgan fingerprint density at radius 2 is 1.68 bits per heavy atom. The van der Waals surface area contributed by atoms with E-state index in [0.29, 0.717) is 12.8 Å². The molecule has 0 aromatic rings. The minimum Gasteiger partial charge on any atom is -0.481 e. The number of unbranched alkanes of at least 4 members (excludes halogenated alkanes) is 2. The van der Waals surface area contributed by atoms with E-state index in [-0.39, 0.29) is 18.4 Å². The highest BCUT2D eigenvalue weighted by Gasteiger charge is 2.42. The molecule has 0 aliphatic heterocycles. The van der Waals surface area contributed by atoms with E-state index in [1.807, 2.05) is 6.92 Å². The minimum absolute atomic E-state index is 0.0386. The van der Waals surface area contributed by atoms with Crippen LogP contribution in [0.3, 0.4) is 0 Å². The fourth-order valence-electron chi connectivity index (χ4n) is 2.98. The van der Waals surface area contributed by atoms with E-state index in [4.69, 9.17) is 14.6 Å². The van der Waals surface area contributed by atoms with Crippen LogP contribution in [0.25, 0.3) is 0 Å². The highest BCUT2D eigenvalue weighted by Crippen LogP contribution is 2.37. The number of rotatable bonds is 13. The first-order valence-corrected chi connectivity index (χ1v) is 8.35. The number of carbonyl (C=O) groups is 2. The van der Waals surface area contributed by atoms with Gasteiger partial charge in [0, 0.05) is 27.1 Å². The maximum absolute atomic E-state index is 11.4. The van der Waals surface area contributed by atoms with Gasteiger partial charge in [-0.05, 0) is 33.6 Å². The largest absolute Gasteiger partial charge is 0.481 e. The quantitative estimate of drug-likeness (QED) is 0.385. The van der Waals surface area contributed by atoms with Crippen LogP contribution in [0.15, 0.2) is 5.57 Å². The van der Waals surface area contributed by atoms with Crippen LogP contribution >= 0.6 is 0 Å². The number of carbonyl (C=O) groups excluding carboxylic acids is 1. The standard InChI is InChI=1S/C18H30O7/c1-13(16(22)23)14(11-19)18(3,25-5)12-17(2,24-4)10-8-6-7-9-15(20)21/h13H,6-10,12H2,1-5H3,(H,20,21)(H,22,23). The Labute approximate surface area is 149 Å². The second kappa shape index (κ2) is 10.3. The van der Waals surface area contributed by atoms with Crippen LogP contribution in [0.5, 0.6) is 0 Å². The topological polar surface area (TPSA) is 110 Å². The van der Waals surface area contributed by atoms with Gasteiger partial charge >= 0.3 is 11.9 Å². The van der Waals surface area contributed by atoms with Crippen LogP contribution in [-0.4, -0.2) is 53.5 Å². The van der Waals surface area contributed by atoms with Gasteiger partial charge in [0.25, 0.3) is 0 Å². The average Bonchev–Trinajstić information content (AvgIpc) is 2.54. The van der Waals surface area contributed by atoms with Crippen molar-refractivity contribution < 1.29 is 34.1 Å². The third-order valence-corrected chi connectivity index (χ3v) is 4.73. The smallest absolute Gasteiger partial charge is 0.311 e. The van der Waals surface area contributed by atoms with Crippen molar-refractivity contribution in [3.05, 3.63) is 5.57 Å². The molecule has 0 bridgehead atoms. The third kappa shape index (κ3) is 7.38. The van der Waals surface area contributed by atoms with Gasteiger partial charge in [-0.3, -0.25) is 9.59 Å². The molecule has 25 heavy (non-hydrogen) atoms. The minimum atomic E-state index is -1.12. The highest BCUT2D eigenvalue weighted by molar-refractivity contribution is 5.78. The van der Waals surface area contributed by atoms with Gasteiger partial charge in [0.2, 0.25) is 0 Å². The van der Waals surface area contributed by atoms with Gasteiger partial charge in [-0.15, -0.1) is 0 Å². The second-order valence-corrected chi connectivity index (χ2v) is 6.80. The fourth-order valence-corrected chi connectivity index (χ4v) is 2.98. The molecule has 0 fully saturated rings. The van der Waals surface area contributed by atoms with Gasteiger partial charge in [-0.2, -0.15) is 0 Å². The van der Waals surface area contributed by atoms with E-state index in [0.717, 1.165) is 12.8 Å². The molecule has 3 unspecified atom stereocenters. The van der Waals surface area contributed by atoms with Crippen LogP contribution in [0.2, 0.25) is 0 Å². The van der Waals surface area contributed by atoms with E-state index in [9.17, 15) is 19.5 Å². The molecule has 7 heteroatoms. The van der Waals surface area contributed by atoms with Crippen LogP contribution in [-0.2, 0) is 23.9 Å². The normalized spacial score (nSPS) is 17.0. The van der Waals surface area contributed by atoms with Crippen molar-refractivity contribution in [2.75, 3.05) is 14.2 Å². The molecule has 0 aromatic heterocycles. The molecule has 0 heterocycles. The SMILES string of the molecule is COC(C)(CCCCCC(=O)O)CC(C)(OC)C(=C=O)C(C)C(=O)O. The summed E-state index contributed by atoms with van der Waals surface area (Å²) in [5.41, 5.74) is -1.73. The first-order valence-electron chi connectivity index (χ1n) is 8.35. The van der Waals surface area contributed by atoms with E-state index >= 15 is 0 Å². The fraction of sp³-hybridized carbons (Fsp3) is 0.778. The lowest BCUT2D eigenvalue weighted by molar-refractivity contribution is -0.141. The first-order chi connectivity index (χ1) is 11.5. The molecule has 144 valence electrons. The van der Waals surface area contributed by atoms with Gasteiger partial charge in [-0.25, -0.2) is 4.79 Å². The Hall–Kier alpha value is -1.69. The van der Waals surface area contributed by atoms with Crippen molar-refractivity contribution in [3.63, 3.8) is 0 Å². The molecule has 2 N–H and O–H groups in total. The van der Waals surface area contributed by atoms with E-state index < -0.39 is 29.1 Å². The zero-order valence-corrected chi connectivity index (χ0v) is 15.8. The predicted octanol–water partition coefficient (Wildman–Crippen LogP) is 2.70. The number of carboxylic acid groups (broad SMARTS) is 2. The Balaban J connectivity index is 5.09. The zero-order chi connectivity index (χ0) is 19.7. The Morgan fingerprint density at radius 3 is 2.08 bits per heavy atom. The monoisotopic (exact) mass is 358 g/mol. The summed E-state index contributed by atoms with van der Waals surface area (Å²) >= 11 is 0. The van der Waals surface area contributed by atoms with Gasteiger partial charge in [0.15, 0.2) is 0 Å². The molecule has 0 aromatic carbocycles. The summed E-state index contributed by atoms with van der Waals surface area (Å²) < 4.78 is 11.1. The molecule has 0 aliphatic rings. The van der Waals surface area contributed by atoms with Crippen molar-refractivity contribution in [2.24, 2.45) is 5.92 Å². The average molecular weight is 358 g/mol. The summed E-state index contributed by atoms with van der Waals surface area (Å²) in [7, 11) is 2.98. The van der Waals surface area contributed by atoms with Crippen molar-refractivity contribution in [3.8, 4) is 0 Å². The van der Waals surface area contributed by atoms with Crippen molar-refractivity contribution in [1.29, 1.82) is 0 Å². The van der Waals surface area contributed by atoms with E-state index in [2.05, 4.69) is 0 Å². The zero-order valence-electron chi connectivity index (χ0n) is 15.8.